The summed E-state index contributed by atoms with van der Waals surface area (Å²) in [7, 11) is -7.07. The number of hydrogen-bond acceptors (Lipinski definition) is 5. The fourth-order valence-corrected chi connectivity index (χ4v) is 5.61. The fourth-order valence-electron chi connectivity index (χ4n) is 3.41. The Labute approximate surface area is 187 Å². The quantitative estimate of drug-likeness (QED) is 0.625. The number of halogens is 1. The third kappa shape index (κ3) is 6.19. The molecular weight excluding hydrogens is 462 g/mol. The Balaban J connectivity index is 1.57. The van der Waals surface area contributed by atoms with E-state index in [2.05, 4.69) is 10.0 Å². The molecule has 1 amide bonds. The van der Waals surface area contributed by atoms with E-state index < -0.39 is 20.0 Å². The van der Waals surface area contributed by atoms with E-state index in [4.69, 9.17) is 11.6 Å². The first kappa shape index (κ1) is 23.5. The van der Waals surface area contributed by atoms with Crippen LogP contribution in [0.2, 0.25) is 5.02 Å². The Hall–Kier alpha value is -2.14. The molecule has 1 heterocycles. The number of anilines is 1. The molecule has 0 unspecified atom stereocenters. The number of hydrogen-bond donors (Lipinski definition) is 2. The van der Waals surface area contributed by atoms with Crippen molar-refractivity contribution in [2.45, 2.75) is 24.3 Å². The van der Waals surface area contributed by atoms with E-state index in [-0.39, 0.29) is 36.4 Å². The van der Waals surface area contributed by atoms with E-state index >= 15 is 0 Å². The van der Waals surface area contributed by atoms with Gasteiger partial charge in [-0.25, -0.2) is 16.8 Å². The number of carbonyl (C=O) groups excluding carboxylic acids is 1. The smallest absolute Gasteiger partial charge is 0.243 e. The van der Waals surface area contributed by atoms with Gasteiger partial charge in [0.25, 0.3) is 0 Å². The Morgan fingerprint density at radius 2 is 1.65 bits per heavy atom. The van der Waals surface area contributed by atoms with E-state index in [1.165, 1.54) is 28.6 Å². The molecule has 0 bridgehead atoms. The van der Waals surface area contributed by atoms with E-state index in [9.17, 15) is 21.6 Å². The summed E-state index contributed by atoms with van der Waals surface area (Å²) in [4.78, 5) is 12.8. The number of amides is 1. The van der Waals surface area contributed by atoms with Crippen LogP contribution in [0.25, 0.3) is 0 Å². The lowest BCUT2D eigenvalue weighted by Gasteiger charge is -2.30. The summed E-state index contributed by atoms with van der Waals surface area (Å²) in [6, 6.07) is 12.8. The van der Waals surface area contributed by atoms with Crippen molar-refractivity contribution in [1.82, 2.24) is 9.62 Å². The summed E-state index contributed by atoms with van der Waals surface area (Å²) in [5.74, 6) is -0.496. The average Bonchev–Trinajstić information content (AvgIpc) is 2.72. The minimum atomic E-state index is -3.63. The Morgan fingerprint density at radius 3 is 2.26 bits per heavy atom. The second-order valence-electron chi connectivity index (χ2n) is 7.38. The maximum atomic E-state index is 12.8. The lowest BCUT2D eigenvalue weighted by Crippen LogP contribution is -2.42. The van der Waals surface area contributed by atoms with Crippen molar-refractivity contribution >= 4 is 43.2 Å². The second kappa shape index (κ2) is 9.56. The number of sulfonamides is 2. The second-order valence-corrected chi connectivity index (χ2v) is 11.5. The predicted octanol–water partition coefficient (Wildman–Crippen LogP) is 2.43. The van der Waals surface area contributed by atoms with Gasteiger partial charge in [0.05, 0.1) is 16.8 Å². The molecule has 2 aromatic carbocycles. The molecule has 1 saturated heterocycles. The molecule has 0 aromatic heterocycles. The molecule has 31 heavy (non-hydrogen) atoms. The summed E-state index contributed by atoms with van der Waals surface area (Å²) in [6.07, 6.45) is 1.87. The van der Waals surface area contributed by atoms with Crippen molar-refractivity contribution in [2.75, 3.05) is 24.1 Å². The summed E-state index contributed by atoms with van der Waals surface area (Å²) in [5.41, 5.74) is 1.05. The fraction of sp³-hybridized carbons (Fsp3) is 0.350. The first-order valence-electron chi connectivity index (χ1n) is 9.65. The molecule has 168 valence electrons. The summed E-state index contributed by atoms with van der Waals surface area (Å²) in [6.45, 7) is 0.658. The van der Waals surface area contributed by atoms with Crippen LogP contribution in [-0.2, 0) is 31.4 Å². The highest BCUT2D eigenvalue weighted by Gasteiger charge is 2.32. The molecule has 1 aliphatic heterocycles. The van der Waals surface area contributed by atoms with Gasteiger partial charge in [0.2, 0.25) is 26.0 Å². The highest BCUT2D eigenvalue weighted by atomic mass is 35.5. The molecule has 1 aliphatic rings. The van der Waals surface area contributed by atoms with Crippen molar-refractivity contribution in [2.24, 2.45) is 5.92 Å². The van der Waals surface area contributed by atoms with Crippen LogP contribution in [0.4, 0.5) is 5.69 Å². The van der Waals surface area contributed by atoms with Gasteiger partial charge in [-0.15, -0.1) is 0 Å². The molecule has 0 spiro atoms. The standard InChI is InChI=1S/C20H24ClN3O5S2/c1-30(26,27)23-19-5-3-2-4-16(19)14-22-20(25)15-10-12-24(13-11-15)31(28,29)18-8-6-17(21)7-9-18/h2-9,15,23H,10-14H2,1H3,(H,22,25). The van der Waals surface area contributed by atoms with Crippen molar-refractivity contribution in [3.05, 3.63) is 59.1 Å². The van der Waals surface area contributed by atoms with Gasteiger partial charge in [-0.05, 0) is 48.7 Å². The van der Waals surface area contributed by atoms with Crippen molar-refractivity contribution in [1.29, 1.82) is 0 Å². The summed E-state index contributed by atoms with van der Waals surface area (Å²) in [5, 5.41) is 3.29. The first-order valence-corrected chi connectivity index (χ1v) is 13.4. The monoisotopic (exact) mass is 485 g/mol. The topological polar surface area (TPSA) is 113 Å². The van der Waals surface area contributed by atoms with E-state index in [1.54, 1.807) is 24.3 Å². The minimum Gasteiger partial charge on any atom is -0.352 e. The predicted molar refractivity (Wildman–Crippen MR) is 120 cm³/mol. The largest absolute Gasteiger partial charge is 0.352 e. The first-order chi connectivity index (χ1) is 14.6. The van der Waals surface area contributed by atoms with Gasteiger partial charge in [-0.1, -0.05) is 29.8 Å². The van der Waals surface area contributed by atoms with Crippen LogP contribution in [0.15, 0.2) is 53.4 Å². The maximum Gasteiger partial charge on any atom is 0.243 e. The molecular formula is C20H24ClN3O5S2. The average molecular weight is 486 g/mol. The molecule has 2 aromatic rings. The minimum absolute atomic E-state index is 0.167. The van der Waals surface area contributed by atoms with Crippen LogP contribution in [0.5, 0.6) is 0 Å². The van der Waals surface area contributed by atoms with Crippen molar-refractivity contribution < 1.29 is 21.6 Å². The van der Waals surface area contributed by atoms with Gasteiger partial charge in [0, 0.05) is 30.6 Å². The van der Waals surface area contributed by atoms with Crippen molar-refractivity contribution in [3.8, 4) is 0 Å². The van der Waals surface area contributed by atoms with Gasteiger partial charge in [0.15, 0.2) is 0 Å². The Bertz CT molecular complexity index is 1140. The van der Waals surface area contributed by atoms with Gasteiger partial charge < -0.3 is 5.32 Å². The lowest BCUT2D eigenvalue weighted by molar-refractivity contribution is -0.126. The van der Waals surface area contributed by atoms with Crippen LogP contribution < -0.4 is 10.0 Å². The number of nitrogens with one attached hydrogen (secondary N) is 2. The zero-order valence-electron chi connectivity index (χ0n) is 16.9. The molecule has 0 saturated carbocycles. The lowest BCUT2D eigenvalue weighted by atomic mass is 9.97. The molecule has 0 atom stereocenters. The highest BCUT2D eigenvalue weighted by Crippen LogP contribution is 2.25. The molecule has 0 aliphatic carbocycles. The number of nitrogens with zero attached hydrogens (tertiary/aromatic N) is 1. The number of benzene rings is 2. The van der Waals surface area contributed by atoms with Crippen LogP contribution in [0.3, 0.4) is 0 Å². The van der Waals surface area contributed by atoms with Crippen LogP contribution in [0, 0.1) is 5.92 Å². The van der Waals surface area contributed by atoms with Gasteiger partial charge in [0.1, 0.15) is 0 Å². The summed E-state index contributed by atoms with van der Waals surface area (Å²) >= 11 is 5.83. The van der Waals surface area contributed by atoms with Crippen LogP contribution in [-0.4, -0.2) is 46.4 Å². The number of rotatable bonds is 7. The molecule has 3 rings (SSSR count). The zero-order chi connectivity index (χ0) is 22.6. The van der Waals surface area contributed by atoms with Gasteiger partial charge >= 0.3 is 0 Å². The van der Waals surface area contributed by atoms with E-state index in [1.807, 2.05) is 0 Å². The molecule has 0 radical (unpaired) electrons. The van der Waals surface area contributed by atoms with E-state index in [0.29, 0.717) is 29.1 Å². The molecule has 8 nitrogen and oxygen atoms in total. The zero-order valence-corrected chi connectivity index (χ0v) is 19.3. The van der Waals surface area contributed by atoms with Gasteiger partial charge in [-0.2, -0.15) is 4.31 Å². The number of para-hydroxylation sites is 1. The maximum absolute atomic E-state index is 12.8. The van der Waals surface area contributed by atoms with Gasteiger partial charge in [-0.3, -0.25) is 9.52 Å². The third-order valence-corrected chi connectivity index (χ3v) is 7.80. The van der Waals surface area contributed by atoms with Crippen molar-refractivity contribution in [3.63, 3.8) is 0 Å². The molecule has 2 N–H and O–H groups in total. The highest BCUT2D eigenvalue weighted by molar-refractivity contribution is 7.92. The van der Waals surface area contributed by atoms with Crippen LogP contribution in [0.1, 0.15) is 18.4 Å². The normalized spacial score (nSPS) is 16.1. The Morgan fingerprint density at radius 1 is 1.03 bits per heavy atom. The molecule has 11 heteroatoms. The SMILES string of the molecule is CS(=O)(=O)Nc1ccccc1CNC(=O)C1CCN(S(=O)(=O)c2ccc(Cl)cc2)CC1. The third-order valence-electron chi connectivity index (χ3n) is 5.04. The Kier molecular flexibility index (Phi) is 7.25. The number of carbonyl (C=O) groups is 1. The van der Waals surface area contributed by atoms with E-state index in [0.717, 1.165) is 6.26 Å². The van der Waals surface area contributed by atoms with Crippen LogP contribution >= 0.6 is 11.6 Å². The molecule has 1 fully saturated rings. The number of piperidine rings is 1. The summed E-state index contributed by atoms with van der Waals surface area (Å²) < 4.78 is 52.4.